The number of thiocarbonyl (C=S) groups is 1. The van der Waals surface area contributed by atoms with E-state index in [0.717, 1.165) is 17.7 Å². The van der Waals surface area contributed by atoms with Crippen LogP contribution in [0.3, 0.4) is 0 Å². The Kier molecular flexibility index (Phi) is 6.19. The zero-order valence-corrected chi connectivity index (χ0v) is 14.5. The van der Waals surface area contributed by atoms with Crippen molar-refractivity contribution in [3.63, 3.8) is 0 Å². The molecule has 0 atom stereocenters. The Morgan fingerprint density at radius 3 is 2.74 bits per heavy atom. The zero-order valence-electron chi connectivity index (χ0n) is 13.0. The lowest BCUT2D eigenvalue weighted by Gasteiger charge is -2.13. The van der Waals surface area contributed by atoms with Crippen LogP contribution >= 0.6 is 23.8 Å². The number of rotatable bonds is 5. The van der Waals surface area contributed by atoms with Crippen molar-refractivity contribution in [2.75, 3.05) is 19.0 Å². The number of nitrogens with one attached hydrogen (secondary N) is 2. The van der Waals surface area contributed by atoms with Crippen molar-refractivity contribution < 1.29 is 9.13 Å². The molecule has 0 aliphatic rings. The summed E-state index contributed by atoms with van der Waals surface area (Å²) < 4.78 is 18.5. The van der Waals surface area contributed by atoms with Gasteiger partial charge >= 0.3 is 0 Å². The summed E-state index contributed by atoms with van der Waals surface area (Å²) in [6.07, 6.45) is 0.775. The van der Waals surface area contributed by atoms with Crippen molar-refractivity contribution in [1.29, 1.82) is 0 Å². The number of hydrogen-bond acceptors (Lipinski definition) is 2. The third kappa shape index (κ3) is 5.08. The first-order valence-corrected chi connectivity index (χ1v) is 7.91. The predicted octanol–water partition coefficient (Wildman–Crippen LogP) is 4.33. The van der Waals surface area contributed by atoms with Crippen LogP contribution in [0.25, 0.3) is 0 Å². The lowest BCUT2D eigenvalue weighted by molar-refractivity contribution is 0.409. The topological polar surface area (TPSA) is 33.3 Å². The van der Waals surface area contributed by atoms with E-state index in [2.05, 4.69) is 16.7 Å². The minimum Gasteiger partial charge on any atom is -0.496 e. The van der Waals surface area contributed by atoms with Gasteiger partial charge in [-0.1, -0.05) is 29.3 Å². The van der Waals surface area contributed by atoms with Gasteiger partial charge in [0.25, 0.3) is 0 Å². The molecule has 0 aromatic heterocycles. The molecule has 0 saturated heterocycles. The van der Waals surface area contributed by atoms with Gasteiger partial charge in [0.05, 0.1) is 12.1 Å². The molecule has 0 unspecified atom stereocenters. The van der Waals surface area contributed by atoms with Gasteiger partial charge in [0.15, 0.2) is 5.11 Å². The average molecular weight is 353 g/mol. The van der Waals surface area contributed by atoms with Crippen molar-refractivity contribution in [2.45, 2.75) is 13.3 Å². The highest BCUT2D eigenvalue weighted by atomic mass is 35.5. The Balaban J connectivity index is 1.87. The maximum absolute atomic E-state index is 13.1. The monoisotopic (exact) mass is 352 g/mol. The predicted molar refractivity (Wildman–Crippen MR) is 97.1 cm³/mol. The normalized spacial score (nSPS) is 10.3. The van der Waals surface area contributed by atoms with Gasteiger partial charge in [0.1, 0.15) is 11.6 Å². The first-order chi connectivity index (χ1) is 11.0. The molecule has 2 rings (SSSR count). The first-order valence-electron chi connectivity index (χ1n) is 7.13. The number of anilines is 1. The Bertz CT molecular complexity index is 709. The van der Waals surface area contributed by atoms with Crippen molar-refractivity contribution in [3.8, 4) is 5.75 Å². The second-order valence-corrected chi connectivity index (χ2v) is 5.89. The highest BCUT2D eigenvalue weighted by molar-refractivity contribution is 7.80. The molecule has 0 heterocycles. The van der Waals surface area contributed by atoms with Gasteiger partial charge in [-0.05, 0) is 55.4 Å². The second-order valence-electron chi connectivity index (χ2n) is 5.08. The molecule has 0 amide bonds. The Morgan fingerprint density at radius 2 is 2.04 bits per heavy atom. The van der Waals surface area contributed by atoms with Crippen LogP contribution in [0.1, 0.15) is 11.1 Å². The number of benzene rings is 2. The molecule has 0 aliphatic heterocycles. The van der Waals surface area contributed by atoms with Crippen LogP contribution in [-0.2, 0) is 6.42 Å². The van der Waals surface area contributed by atoms with Crippen molar-refractivity contribution in [2.24, 2.45) is 0 Å². The van der Waals surface area contributed by atoms with E-state index in [1.165, 1.54) is 17.7 Å². The molecule has 0 spiro atoms. The molecule has 3 nitrogen and oxygen atoms in total. The molecule has 2 aromatic rings. The molecule has 2 aromatic carbocycles. The van der Waals surface area contributed by atoms with Gasteiger partial charge < -0.3 is 15.4 Å². The summed E-state index contributed by atoms with van der Waals surface area (Å²) in [6, 6.07) is 10.4. The summed E-state index contributed by atoms with van der Waals surface area (Å²) in [4.78, 5) is 0. The number of methoxy groups -OCH3 is 1. The summed E-state index contributed by atoms with van der Waals surface area (Å²) in [5, 5.41) is 6.60. The Hall–Kier alpha value is -1.85. The smallest absolute Gasteiger partial charge is 0.170 e. The van der Waals surface area contributed by atoms with Crippen LogP contribution in [0.2, 0.25) is 5.02 Å². The fraction of sp³-hybridized carbons (Fsp3) is 0.235. The summed E-state index contributed by atoms with van der Waals surface area (Å²) in [5.41, 5.74) is 2.94. The van der Waals surface area contributed by atoms with Gasteiger partial charge in [0, 0.05) is 12.2 Å². The molecule has 23 heavy (non-hydrogen) atoms. The van der Waals surface area contributed by atoms with Gasteiger partial charge in [0.2, 0.25) is 0 Å². The third-order valence-electron chi connectivity index (χ3n) is 3.29. The maximum atomic E-state index is 13.1. The number of hydrogen-bond donors (Lipinski definition) is 2. The molecule has 0 fully saturated rings. The summed E-state index contributed by atoms with van der Waals surface area (Å²) in [7, 11) is 1.66. The molecular weight excluding hydrogens is 335 g/mol. The molecule has 2 N–H and O–H groups in total. The third-order valence-corrected chi connectivity index (χ3v) is 3.83. The van der Waals surface area contributed by atoms with Crippen LogP contribution in [-0.4, -0.2) is 18.8 Å². The molecule has 0 aliphatic carbocycles. The standard InChI is InChI=1S/C17H18ClFN2OS/c1-11-3-6-16(22-2)12(9-11)7-8-20-17(23)21-13-4-5-15(19)14(18)10-13/h3-6,9-10H,7-8H2,1-2H3,(H2,20,21,23). The zero-order chi connectivity index (χ0) is 16.8. The summed E-state index contributed by atoms with van der Waals surface area (Å²) in [6.45, 7) is 2.70. The molecule has 0 bridgehead atoms. The lowest BCUT2D eigenvalue weighted by Crippen LogP contribution is -2.30. The number of ether oxygens (including phenoxy) is 1. The van der Waals surface area contributed by atoms with E-state index in [-0.39, 0.29) is 5.02 Å². The average Bonchev–Trinajstić information content (AvgIpc) is 2.51. The molecule has 0 radical (unpaired) electrons. The minimum absolute atomic E-state index is 0.0577. The van der Waals surface area contributed by atoms with E-state index in [1.54, 1.807) is 13.2 Å². The van der Waals surface area contributed by atoms with Gasteiger partial charge in [-0.2, -0.15) is 0 Å². The van der Waals surface area contributed by atoms with Crippen molar-refractivity contribution >= 4 is 34.6 Å². The van der Waals surface area contributed by atoms with Crippen LogP contribution in [0.5, 0.6) is 5.75 Å². The van der Waals surface area contributed by atoms with Gasteiger partial charge in [-0.3, -0.25) is 0 Å². The summed E-state index contributed by atoms with van der Waals surface area (Å²) >= 11 is 11.0. The molecule has 0 saturated carbocycles. The largest absolute Gasteiger partial charge is 0.496 e. The highest BCUT2D eigenvalue weighted by Crippen LogP contribution is 2.20. The number of halogens is 2. The van der Waals surface area contributed by atoms with Gasteiger partial charge in [-0.15, -0.1) is 0 Å². The van der Waals surface area contributed by atoms with Crippen LogP contribution in [0.4, 0.5) is 10.1 Å². The maximum Gasteiger partial charge on any atom is 0.170 e. The minimum atomic E-state index is -0.456. The van der Waals surface area contributed by atoms with E-state index in [0.29, 0.717) is 17.3 Å². The van der Waals surface area contributed by atoms with E-state index in [9.17, 15) is 4.39 Å². The first kappa shape index (κ1) is 17.5. The fourth-order valence-electron chi connectivity index (χ4n) is 2.16. The van der Waals surface area contributed by atoms with Gasteiger partial charge in [-0.25, -0.2) is 4.39 Å². The second kappa shape index (κ2) is 8.13. The Labute approximate surface area is 145 Å². The fourth-order valence-corrected chi connectivity index (χ4v) is 2.56. The SMILES string of the molecule is COc1ccc(C)cc1CCNC(=S)Nc1ccc(F)c(Cl)c1. The van der Waals surface area contributed by atoms with Crippen LogP contribution in [0, 0.1) is 12.7 Å². The van der Waals surface area contributed by atoms with Crippen LogP contribution in [0.15, 0.2) is 36.4 Å². The molecule has 122 valence electrons. The van der Waals surface area contributed by atoms with Crippen LogP contribution < -0.4 is 15.4 Å². The van der Waals surface area contributed by atoms with E-state index in [1.807, 2.05) is 19.1 Å². The quantitative estimate of drug-likeness (QED) is 0.785. The van der Waals surface area contributed by atoms with E-state index < -0.39 is 5.82 Å². The van der Waals surface area contributed by atoms with E-state index >= 15 is 0 Å². The molecular formula is C17H18ClFN2OS. The van der Waals surface area contributed by atoms with Crippen molar-refractivity contribution in [1.82, 2.24) is 5.32 Å². The van der Waals surface area contributed by atoms with Crippen molar-refractivity contribution in [3.05, 3.63) is 58.4 Å². The Morgan fingerprint density at radius 1 is 1.26 bits per heavy atom. The van der Waals surface area contributed by atoms with E-state index in [4.69, 9.17) is 28.6 Å². The summed E-state index contributed by atoms with van der Waals surface area (Å²) in [5.74, 6) is 0.407. The molecule has 6 heteroatoms. The number of aryl methyl sites for hydroxylation is 1. The highest BCUT2D eigenvalue weighted by Gasteiger charge is 2.05. The lowest BCUT2D eigenvalue weighted by atomic mass is 10.1.